The second kappa shape index (κ2) is 4.98. The maximum absolute atomic E-state index is 13.4. The maximum Gasteiger partial charge on any atom is 0.146 e. The molecule has 1 aromatic carbocycles. The van der Waals surface area contributed by atoms with Crippen molar-refractivity contribution in [3.8, 4) is 12.3 Å². The highest BCUT2D eigenvalue weighted by Gasteiger charge is 2.04. The first-order valence-electron chi connectivity index (χ1n) is 4.29. The molecular weight excluding hydrogens is 196 g/mol. The molecule has 0 spiro atoms. The smallest absolute Gasteiger partial charge is 0.146 e. The zero-order valence-electron chi connectivity index (χ0n) is 8.34. The van der Waals surface area contributed by atoms with Crippen LogP contribution in [-0.4, -0.2) is 19.9 Å². The van der Waals surface area contributed by atoms with Crippen LogP contribution in [0.3, 0.4) is 0 Å². The van der Waals surface area contributed by atoms with E-state index >= 15 is 0 Å². The molecule has 0 saturated carbocycles. The molecule has 0 heterocycles. The summed E-state index contributed by atoms with van der Waals surface area (Å²) in [6, 6.07) is 5.25. The van der Waals surface area contributed by atoms with Crippen molar-refractivity contribution in [1.82, 2.24) is 0 Å². The topological polar surface area (TPSA) is 12.0 Å². The molecule has 0 bridgehead atoms. The lowest BCUT2D eigenvalue weighted by molar-refractivity contribution is 0.632. The van der Waals surface area contributed by atoms with E-state index in [4.69, 9.17) is 6.42 Å². The van der Waals surface area contributed by atoms with Gasteiger partial charge in [0.15, 0.2) is 0 Å². The van der Waals surface area contributed by atoms with Crippen LogP contribution in [0.4, 0.5) is 10.1 Å². The largest absolute Gasteiger partial charge is 0.372 e. The molecule has 0 aliphatic carbocycles. The third-order valence-electron chi connectivity index (χ3n) is 1.85. The summed E-state index contributed by atoms with van der Waals surface area (Å²) in [5, 5.41) is 3.88. The Kier molecular flexibility index (Phi) is 3.92. The number of anilines is 1. The zero-order valence-corrected chi connectivity index (χ0v) is 9.24. The van der Waals surface area contributed by atoms with Gasteiger partial charge in [-0.3, -0.25) is 0 Å². The van der Waals surface area contributed by atoms with E-state index in [2.05, 4.69) is 24.6 Å². The average Bonchev–Trinajstić information content (AvgIpc) is 2.15. The van der Waals surface area contributed by atoms with Crippen LogP contribution < -0.4 is 10.6 Å². The van der Waals surface area contributed by atoms with Crippen LogP contribution in [0.5, 0.6) is 0 Å². The lowest BCUT2D eigenvalue weighted by Gasteiger charge is -2.09. The molecule has 0 amide bonds. The minimum Gasteiger partial charge on any atom is -0.372 e. The fourth-order valence-electron chi connectivity index (χ4n) is 1.07. The summed E-state index contributed by atoms with van der Waals surface area (Å²) in [4.78, 5) is 0. The quantitative estimate of drug-likeness (QED) is 0.594. The molecule has 0 radical (unpaired) electrons. The van der Waals surface area contributed by atoms with Crippen LogP contribution in [0.1, 0.15) is 0 Å². The van der Waals surface area contributed by atoms with Crippen LogP contribution >= 0.6 is 7.92 Å². The Morgan fingerprint density at radius 1 is 1.50 bits per heavy atom. The Bertz CT molecular complexity index is 355. The zero-order chi connectivity index (χ0) is 10.6. The van der Waals surface area contributed by atoms with Gasteiger partial charge in [-0.1, -0.05) is 19.9 Å². The highest BCUT2D eigenvalue weighted by molar-refractivity contribution is 7.64. The van der Waals surface area contributed by atoms with Crippen molar-refractivity contribution in [2.75, 3.05) is 25.2 Å². The maximum atomic E-state index is 13.4. The van der Waals surface area contributed by atoms with E-state index in [1.165, 1.54) is 0 Å². The van der Waals surface area contributed by atoms with Crippen molar-refractivity contribution in [1.29, 1.82) is 0 Å². The number of hydrogen-bond acceptors (Lipinski definition) is 1. The molecule has 1 nitrogen and oxygen atoms in total. The van der Waals surface area contributed by atoms with E-state index < -0.39 is 0 Å². The summed E-state index contributed by atoms with van der Waals surface area (Å²) < 4.78 is 13.4. The number of nitrogens with one attached hydrogen (secondary N) is 1. The summed E-state index contributed by atoms with van der Waals surface area (Å²) >= 11 is 0. The minimum absolute atomic E-state index is 0.228. The molecule has 0 aliphatic heterocycles. The monoisotopic (exact) mass is 209 g/mol. The van der Waals surface area contributed by atoms with Crippen LogP contribution in [0, 0.1) is 18.2 Å². The predicted molar refractivity (Wildman–Crippen MR) is 62.1 cm³/mol. The minimum atomic E-state index is -0.245. The Labute approximate surface area is 85.5 Å². The SMILES string of the molecule is C#CCNc1ccc(P(C)C)cc1F. The second-order valence-corrected chi connectivity index (χ2v) is 5.42. The van der Waals surface area contributed by atoms with Crippen molar-refractivity contribution in [2.24, 2.45) is 0 Å². The number of rotatable bonds is 3. The highest BCUT2D eigenvalue weighted by atomic mass is 31.1. The summed E-state index contributed by atoms with van der Waals surface area (Å²) in [6.07, 6.45) is 5.07. The van der Waals surface area contributed by atoms with Crippen molar-refractivity contribution in [2.45, 2.75) is 0 Å². The summed E-state index contributed by atoms with van der Waals surface area (Å²) in [6.45, 7) is 4.54. The van der Waals surface area contributed by atoms with E-state index in [0.717, 1.165) is 5.30 Å². The molecule has 1 N–H and O–H groups in total. The molecule has 74 valence electrons. The first-order valence-corrected chi connectivity index (χ1v) is 6.53. The van der Waals surface area contributed by atoms with Crippen LogP contribution in [0.25, 0.3) is 0 Å². The molecule has 0 unspecified atom stereocenters. The summed E-state index contributed by atoms with van der Waals surface area (Å²) in [5.41, 5.74) is 0.476. The van der Waals surface area contributed by atoms with E-state index in [9.17, 15) is 4.39 Å². The Morgan fingerprint density at radius 2 is 2.21 bits per heavy atom. The Balaban J connectivity index is 2.85. The van der Waals surface area contributed by atoms with Gasteiger partial charge >= 0.3 is 0 Å². The molecule has 0 saturated heterocycles. The first kappa shape index (κ1) is 11.0. The number of terminal acetylenes is 1. The predicted octanol–water partition coefficient (Wildman–Crippen LogP) is 2.24. The molecule has 0 fully saturated rings. The number of halogens is 1. The van der Waals surface area contributed by atoms with Crippen molar-refractivity contribution in [3.05, 3.63) is 24.0 Å². The Hall–Kier alpha value is -1.06. The summed E-state index contributed by atoms with van der Waals surface area (Å²) in [7, 11) is -0.245. The molecule has 0 aromatic heterocycles. The molecule has 3 heteroatoms. The molecule has 1 rings (SSSR count). The third kappa shape index (κ3) is 2.72. The highest BCUT2D eigenvalue weighted by Crippen LogP contribution is 2.25. The fraction of sp³-hybridized carbons (Fsp3) is 0.273. The van der Waals surface area contributed by atoms with Crippen LogP contribution in [-0.2, 0) is 0 Å². The first-order chi connectivity index (χ1) is 6.65. The molecule has 14 heavy (non-hydrogen) atoms. The lowest BCUT2D eigenvalue weighted by atomic mass is 10.3. The summed E-state index contributed by atoms with van der Waals surface area (Å²) in [5.74, 6) is 2.18. The third-order valence-corrected chi connectivity index (χ3v) is 3.16. The van der Waals surface area contributed by atoms with Gasteiger partial charge in [-0.2, -0.15) is 0 Å². The van der Waals surface area contributed by atoms with Gasteiger partial charge in [0.25, 0.3) is 0 Å². The van der Waals surface area contributed by atoms with Crippen molar-refractivity contribution >= 4 is 18.9 Å². The van der Waals surface area contributed by atoms with E-state index in [1.54, 1.807) is 12.1 Å². The number of benzene rings is 1. The standard InChI is InChI=1S/C11H13FNP/c1-4-7-13-11-6-5-9(14(2)3)8-10(11)12/h1,5-6,8,13H,7H2,2-3H3. The lowest BCUT2D eigenvalue weighted by Crippen LogP contribution is -2.05. The van der Waals surface area contributed by atoms with Crippen molar-refractivity contribution in [3.63, 3.8) is 0 Å². The Morgan fingerprint density at radius 3 is 2.71 bits per heavy atom. The molecule has 0 atom stereocenters. The van der Waals surface area contributed by atoms with E-state index in [1.807, 2.05) is 6.07 Å². The van der Waals surface area contributed by atoms with Crippen LogP contribution in [0.2, 0.25) is 0 Å². The van der Waals surface area contributed by atoms with Gasteiger partial charge in [-0.05, 0) is 30.8 Å². The van der Waals surface area contributed by atoms with Gasteiger partial charge < -0.3 is 5.32 Å². The second-order valence-electron chi connectivity index (χ2n) is 3.12. The van der Waals surface area contributed by atoms with Crippen molar-refractivity contribution < 1.29 is 4.39 Å². The van der Waals surface area contributed by atoms with Crippen LogP contribution in [0.15, 0.2) is 18.2 Å². The van der Waals surface area contributed by atoms with Gasteiger partial charge in [0, 0.05) is 0 Å². The molecular formula is C11H13FNP. The normalized spacial score (nSPS) is 9.93. The molecule has 1 aromatic rings. The van der Waals surface area contributed by atoms with Gasteiger partial charge in [0.05, 0.1) is 12.2 Å². The fourth-order valence-corrected chi connectivity index (χ4v) is 1.82. The van der Waals surface area contributed by atoms with Gasteiger partial charge in [0.2, 0.25) is 0 Å². The average molecular weight is 209 g/mol. The van der Waals surface area contributed by atoms with Gasteiger partial charge in [-0.15, -0.1) is 6.42 Å². The van der Waals surface area contributed by atoms with E-state index in [-0.39, 0.29) is 13.7 Å². The van der Waals surface area contributed by atoms with Gasteiger partial charge in [0.1, 0.15) is 5.82 Å². The number of hydrogen-bond donors (Lipinski definition) is 1. The molecule has 0 aliphatic rings. The van der Waals surface area contributed by atoms with E-state index in [0.29, 0.717) is 12.2 Å². The van der Waals surface area contributed by atoms with Gasteiger partial charge in [-0.25, -0.2) is 4.39 Å².